The highest BCUT2D eigenvalue weighted by atomic mass is 16.5. The first-order valence-corrected chi connectivity index (χ1v) is 7.22. The molecule has 108 valence electrons. The standard InChI is InChI=1S/C16H21NO3/c1-15-7-9-16(10-8-15,12-20-15)17-14(18)19-11-13-5-3-2-4-6-13/h2-6H,7-12H2,1H3,(H,17,18). The van der Waals surface area contributed by atoms with Crippen molar-refractivity contribution in [1.29, 1.82) is 0 Å². The lowest BCUT2D eigenvalue weighted by Crippen LogP contribution is -2.62. The third kappa shape index (κ3) is 2.80. The van der Waals surface area contributed by atoms with Crippen LogP contribution in [-0.2, 0) is 16.1 Å². The Balaban J connectivity index is 1.52. The second kappa shape index (κ2) is 5.09. The van der Waals surface area contributed by atoms with Gasteiger partial charge in [0.15, 0.2) is 0 Å². The van der Waals surface area contributed by atoms with E-state index in [0.29, 0.717) is 13.2 Å². The zero-order valence-corrected chi connectivity index (χ0v) is 11.9. The fraction of sp³-hybridized carbons (Fsp3) is 0.562. The van der Waals surface area contributed by atoms with Crippen LogP contribution in [0.3, 0.4) is 0 Å². The van der Waals surface area contributed by atoms with E-state index in [1.165, 1.54) is 0 Å². The molecule has 1 saturated carbocycles. The Labute approximate surface area is 119 Å². The largest absolute Gasteiger partial charge is 0.445 e. The van der Waals surface area contributed by atoms with Gasteiger partial charge in [-0.25, -0.2) is 4.79 Å². The Bertz CT molecular complexity index is 461. The van der Waals surface area contributed by atoms with Crippen molar-refractivity contribution in [3.05, 3.63) is 35.9 Å². The van der Waals surface area contributed by atoms with Gasteiger partial charge in [0.05, 0.1) is 17.7 Å². The Morgan fingerprint density at radius 1 is 1.25 bits per heavy atom. The highest BCUT2D eigenvalue weighted by molar-refractivity contribution is 5.68. The number of rotatable bonds is 3. The Kier molecular flexibility index (Phi) is 3.42. The summed E-state index contributed by atoms with van der Waals surface area (Å²) in [6, 6.07) is 9.71. The number of hydrogen-bond donors (Lipinski definition) is 1. The minimum Gasteiger partial charge on any atom is -0.445 e. The van der Waals surface area contributed by atoms with E-state index in [1.54, 1.807) is 0 Å². The maximum Gasteiger partial charge on any atom is 0.407 e. The lowest BCUT2D eigenvalue weighted by atomic mass is 9.72. The molecule has 20 heavy (non-hydrogen) atoms. The molecule has 2 aliphatic heterocycles. The van der Waals surface area contributed by atoms with E-state index in [1.807, 2.05) is 30.3 Å². The summed E-state index contributed by atoms with van der Waals surface area (Å²) in [6.45, 7) is 3.06. The van der Waals surface area contributed by atoms with Crippen LogP contribution < -0.4 is 5.32 Å². The summed E-state index contributed by atoms with van der Waals surface area (Å²) in [5.41, 5.74) is 0.805. The molecule has 1 aromatic carbocycles. The van der Waals surface area contributed by atoms with Gasteiger partial charge in [0.2, 0.25) is 0 Å². The number of hydrogen-bond acceptors (Lipinski definition) is 3. The third-order valence-corrected chi connectivity index (χ3v) is 4.54. The van der Waals surface area contributed by atoms with Crippen LogP contribution in [0.25, 0.3) is 0 Å². The van der Waals surface area contributed by atoms with Crippen molar-refractivity contribution in [2.24, 2.45) is 0 Å². The van der Waals surface area contributed by atoms with Crippen LogP contribution in [0, 0.1) is 0 Å². The van der Waals surface area contributed by atoms with Crippen LogP contribution in [0.15, 0.2) is 30.3 Å². The molecule has 0 aromatic heterocycles. The molecule has 2 saturated heterocycles. The molecular weight excluding hydrogens is 254 g/mol. The zero-order valence-electron chi connectivity index (χ0n) is 11.9. The molecule has 0 radical (unpaired) electrons. The molecule has 4 nitrogen and oxygen atoms in total. The quantitative estimate of drug-likeness (QED) is 0.922. The van der Waals surface area contributed by atoms with Gasteiger partial charge < -0.3 is 14.8 Å². The second-order valence-corrected chi connectivity index (χ2v) is 6.21. The van der Waals surface area contributed by atoms with Crippen molar-refractivity contribution in [3.63, 3.8) is 0 Å². The number of ether oxygens (including phenoxy) is 2. The zero-order chi connectivity index (χ0) is 14.1. The first-order valence-electron chi connectivity index (χ1n) is 7.22. The lowest BCUT2D eigenvalue weighted by Gasteiger charge is -2.51. The molecule has 0 unspecified atom stereocenters. The van der Waals surface area contributed by atoms with E-state index in [2.05, 4.69) is 12.2 Å². The van der Waals surface area contributed by atoms with Gasteiger partial charge in [-0.2, -0.15) is 0 Å². The molecule has 3 aliphatic rings. The van der Waals surface area contributed by atoms with Crippen LogP contribution in [0.4, 0.5) is 4.79 Å². The fourth-order valence-electron chi connectivity index (χ4n) is 3.00. The van der Waals surface area contributed by atoms with Gasteiger partial charge in [0.1, 0.15) is 6.61 Å². The van der Waals surface area contributed by atoms with Crippen molar-refractivity contribution < 1.29 is 14.3 Å². The van der Waals surface area contributed by atoms with Crippen molar-refractivity contribution in [2.45, 2.75) is 50.4 Å². The van der Waals surface area contributed by atoms with E-state index >= 15 is 0 Å². The number of benzene rings is 1. The number of carbonyl (C=O) groups is 1. The topological polar surface area (TPSA) is 47.6 Å². The molecule has 1 N–H and O–H groups in total. The van der Waals surface area contributed by atoms with E-state index in [9.17, 15) is 4.79 Å². The van der Waals surface area contributed by atoms with Crippen LogP contribution in [0.5, 0.6) is 0 Å². The maximum absolute atomic E-state index is 12.0. The molecule has 3 fully saturated rings. The van der Waals surface area contributed by atoms with Gasteiger partial charge in [0, 0.05) is 0 Å². The predicted molar refractivity (Wildman–Crippen MR) is 75.3 cm³/mol. The minimum absolute atomic E-state index is 0.0252. The van der Waals surface area contributed by atoms with Crippen LogP contribution in [0.2, 0.25) is 0 Å². The summed E-state index contributed by atoms with van der Waals surface area (Å²) in [5, 5.41) is 3.02. The Hall–Kier alpha value is -1.55. The minimum atomic E-state index is -0.344. The average molecular weight is 275 g/mol. The van der Waals surface area contributed by atoms with Crippen molar-refractivity contribution in [1.82, 2.24) is 5.32 Å². The molecule has 1 aromatic rings. The van der Waals surface area contributed by atoms with Gasteiger partial charge in [0.25, 0.3) is 0 Å². The van der Waals surface area contributed by atoms with Crippen LogP contribution >= 0.6 is 0 Å². The molecule has 4 heteroatoms. The first kappa shape index (κ1) is 13.4. The van der Waals surface area contributed by atoms with Gasteiger partial charge >= 0.3 is 6.09 Å². The highest BCUT2D eigenvalue weighted by Gasteiger charge is 2.48. The van der Waals surface area contributed by atoms with Gasteiger partial charge in [-0.3, -0.25) is 0 Å². The molecule has 2 heterocycles. The normalized spacial score (nSPS) is 31.9. The molecule has 0 atom stereocenters. The Morgan fingerprint density at radius 3 is 2.55 bits per heavy atom. The lowest BCUT2D eigenvalue weighted by molar-refractivity contribution is -0.149. The third-order valence-electron chi connectivity index (χ3n) is 4.54. The first-order chi connectivity index (χ1) is 9.59. The molecule has 1 aliphatic carbocycles. The molecule has 4 rings (SSSR count). The monoisotopic (exact) mass is 275 g/mol. The number of carbonyl (C=O) groups excluding carboxylic acids is 1. The molecule has 2 bridgehead atoms. The van der Waals surface area contributed by atoms with Crippen LogP contribution in [-0.4, -0.2) is 23.8 Å². The van der Waals surface area contributed by atoms with Gasteiger partial charge in [-0.05, 0) is 38.2 Å². The SMILES string of the molecule is CC12CCC(NC(=O)OCc3ccccc3)(CC1)CO2. The summed E-state index contributed by atoms with van der Waals surface area (Å²) < 4.78 is 11.2. The van der Waals surface area contributed by atoms with Crippen molar-refractivity contribution in [3.8, 4) is 0 Å². The van der Waals surface area contributed by atoms with Crippen molar-refractivity contribution in [2.75, 3.05) is 6.61 Å². The summed E-state index contributed by atoms with van der Waals surface area (Å²) in [5.74, 6) is 0. The number of nitrogens with one attached hydrogen (secondary N) is 1. The van der Waals surface area contributed by atoms with E-state index in [-0.39, 0.29) is 17.2 Å². The molecular formula is C16H21NO3. The molecule has 1 amide bonds. The highest BCUT2D eigenvalue weighted by Crippen LogP contribution is 2.43. The fourth-order valence-corrected chi connectivity index (χ4v) is 3.00. The summed E-state index contributed by atoms with van der Waals surface area (Å²) in [6.07, 6.45) is 3.62. The van der Waals surface area contributed by atoms with E-state index in [0.717, 1.165) is 31.2 Å². The van der Waals surface area contributed by atoms with Crippen molar-refractivity contribution >= 4 is 6.09 Å². The number of alkyl carbamates (subject to hydrolysis) is 1. The van der Waals surface area contributed by atoms with E-state index in [4.69, 9.17) is 9.47 Å². The van der Waals surface area contributed by atoms with Gasteiger partial charge in [-0.15, -0.1) is 0 Å². The van der Waals surface area contributed by atoms with E-state index < -0.39 is 0 Å². The summed E-state index contributed by atoms with van der Waals surface area (Å²) in [7, 11) is 0. The predicted octanol–water partition coefficient (Wildman–Crippen LogP) is 3.01. The summed E-state index contributed by atoms with van der Waals surface area (Å²) in [4.78, 5) is 12.0. The van der Waals surface area contributed by atoms with Crippen LogP contribution in [0.1, 0.15) is 38.2 Å². The second-order valence-electron chi connectivity index (χ2n) is 6.21. The Morgan fingerprint density at radius 2 is 1.95 bits per heavy atom. The summed E-state index contributed by atoms with van der Waals surface area (Å²) >= 11 is 0. The average Bonchev–Trinajstić information content (AvgIpc) is 2.48. The number of fused-ring (bicyclic) bond motifs is 3. The smallest absolute Gasteiger partial charge is 0.407 e. The maximum atomic E-state index is 12.0. The molecule has 0 spiro atoms. The van der Waals surface area contributed by atoms with Gasteiger partial charge in [-0.1, -0.05) is 30.3 Å². The number of amides is 1.